The van der Waals surface area contributed by atoms with E-state index >= 15 is 0 Å². The van der Waals surface area contributed by atoms with E-state index in [1.54, 1.807) is 18.2 Å². The fraction of sp³-hybridized carbons (Fsp3) is 0.154. The number of aliphatic hydroxyl groups is 1. The Morgan fingerprint density at radius 3 is 2.21 bits per heavy atom. The van der Waals surface area contributed by atoms with E-state index in [1.807, 2.05) is 13.8 Å². The molecule has 1 N–H and O–H groups in total. The van der Waals surface area contributed by atoms with E-state index in [9.17, 15) is 32.3 Å². The highest BCUT2D eigenvalue weighted by atomic mass is 19.4. The Labute approximate surface area is 192 Å². The molecular formula is C26H19F4NO3. The minimum atomic E-state index is -4.67. The lowest BCUT2D eigenvalue weighted by molar-refractivity contribution is -0.137. The van der Waals surface area contributed by atoms with Gasteiger partial charge < -0.3 is 5.11 Å². The third kappa shape index (κ3) is 4.07. The number of nitrogens with zero attached hydrogens (tertiary/aromatic N) is 1. The van der Waals surface area contributed by atoms with Gasteiger partial charge in [-0.25, -0.2) is 4.39 Å². The van der Waals surface area contributed by atoms with E-state index in [0.29, 0.717) is 0 Å². The maximum absolute atomic E-state index is 13.6. The molecule has 1 unspecified atom stereocenters. The maximum Gasteiger partial charge on any atom is 0.416 e. The summed E-state index contributed by atoms with van der Waals surface area (Å²) in [5, 5.41) is 11.1. The second kappa shape index (κ2) is 8.44. The molecule has 1 atom stereocenters. The van der Waals surface area contributed by atoms with Gasteiger partial charge in [-0.2, -0.15) is 13.2 Å². The molecule has 8 heteroatoms. The predicted molar refractivity (Wildman–Crippen MR) is 119 cm³/mol. The second-order valence-corrected chi connectivity index (χ2v) is 8.07. The lowest BCUT2D eigenvalue weighted by Gasteiger charge is -2.26. The molecule has 174 valence electrons. The van der Waals surface area contributed by atoms with Crippen LogP contribution in [-0.4, -0.2) is 16.8 Å². The molecule has 1 aliphatic heterocycles. The Morgan fingerprint density at radius 1 is 0.912 bits per heavy atom. The minimum Gasteiger partial charge on any atom is -0.507 e. The van der Waals surface area contributed by atoms with Crippen molar-refractivity contribution >= 4 is 23.1 Å². The average molecular weight is 469 g/mol. The summed E-state index contributed by atoms with van der Waals surface area (Å²) in [7, 11) is 0. The van der Waals surface area contributed by atoms with Gasteiger partial charge in [0.1, 0.15) is 11.6 Å². The predicted octanol–water partition coefficient (Wildman–Crippen LogP) is 6.09. The lowest BCUT2D eigenvalue weighted by atomic mass is 9.94. The first-order valence-corrected chi connectivity index (χ1v) is 10.3. The number of amides is 1. The molecule has 1 aliphatic rings. The van der Waals surface area contributed by atoms with Crippen molar-refractivity contribution in [1.29, 1.82) is 0 Å². The van der Waals surface area contributed by atoms with Gasteiger partial charge in [0.25, 0.3) is 11.7 Å². The molecule has 0 spiro atoms. The van der Waals surface area contributed by atoms with Crippen molar-refractivity contribution in [3.8, 4) is 0 Å². The Hall–Kier alpha value is -3.94. The SMILES string of the molecule is Cc1ccc(/C(O)=C2\C(=O)C(=O)N(c3cccc(C(F)(F)F)c3)C2c2ccc(F)cc2)cc1C. The van der Waals surface area contributed by atoms with Gasteiger partial charge in [0.15, 0.2) is 0 Å². The molecule has 1 saturated heterocycles. The van der Waals surface area contributed by atoms with E-state index in [2.05, 4.69) is 0 Å². The molecule has 0 aliphatic carbocycles. The zero-order chi connectivity index (χ0) is 24.8. The zero-order valence-electron chi connectivity index (χ0n) is 18.2. The van der Waals surface area contributed by atoms with Crippen molar-refractivity contribution in [2.24, 2.45) is 0 Å². The highest BCUT2D eigenvalue weighted by Crippen LogP contribution is 2.43. The number of rotatable bonds is 3. The van der Waals surface area contributed by atoms with Gasteiger partial charge in [-0.1, -0.05) is 30.3 Å². The number of benzene rings is 3. The van der Waals surface area contributed by atoms with E-state index in [1.165, 1.54) is 18.2 Å². The van der Waals surface area contributed by atoms with E-state index < -0.39 is 41.0 Å². The zero-order valence-corrected chi connectivity index (χ0v) is 18.2. The number of halogens is 4. The molecule has 0 radical (unpaired) electrons. The molecule has 4 rings (SSSR count). The first kappa shape index (κ1) is 23.2. The number of hydrogen-bond donors (Lipinski definition) is 1. The van der Waals surface area contributed by atoms with Crippen molar-refractivity contribution in [3.63, 3.8) is 0 Å². The smallest absolute Gasteiger partial charge is 0.416 e. The summed E-state index contributed by atoms with van der Waals surface area (Å²) in [5.74, 6) is -3.19. The topological polar surface area (TPSA) is 57.6 Å². The first-order valence-electron chi connectivity index (χ1n) is 10.3. The van der Waals surface area contributed by atoms with Crippen LogP contribution in [0, 0.1) is 19.7 Å². The molecule has 3 aromatic rings. The molecule has 3 aromatic carbocycles. The van der Waals surface area contributed by atoms with Crippen LogP contribution in [0.2, 0.25) is 0 Å². The number of ketones is 1. The van der Waals surface area contributed by atoms with Crippen LogP contribution in [-0.2, 0) is 15.8 Å². The lowest BCUT2D eigenvalue weighted by Crippen LogP contribution is -2.29. The Bertz CT molecular complexity index is 1330. The normalized spacial score (nSPS) is 17.9. The monoisotopic (exact) mass is 469 g/mol. The molecule has 1 fully saturated rings. The van der Waals surface area contributed by atoms with Crippen molar-refractivity contribution < 1.29 is 32.3 Å². The van der Waals surface area contributed by atoms with E-state index in [0.717, 1.165) is 46.4 Å². The summed E-state index contributed by atoms with van der Waals surface area (Å²) < 4.78 is 53.6. The van der Waals surface area contributed by atoms with Crippen LogP contribution in [0.5, 0.6) is 0 Å². The van der Waals surface area contributed by atoms with Crippen LogP contribution in [0.15, 0.2) is 72.3 Å². The average Bonchev–Trinajstić information content (AvgIpc) is 3.06. The summed E-state index contributed by atoms with van der Waals surface area (Å²) >= 11 is 0. The summed E-state index contributed by atoms with van der Waals surface area (Å²) in [6, 6.07) is 12.6. The standard InChI is InChI=1S/C26H19F4NO3/c1-14-6-7-17(12-15(14)2)23(32)21-22(16-8-10-19(27)11-9-16)31(25(34)24(21)33)20-5-3-4-18(13-20)26(28,29)30/h3-13,22,32H,1-2H3/b23-21+. The molecular weight excluding hydrogens is 450 g/mol. The number of carbonyl (C=O) groups excluding carboxylic acids is 2. The molecule has 4 nitrogen and oxygen atoms in total. The molecule has 1 amide bonds. The number of anilines is 1. The van der Waals surface area contributed by atoms with Crippen LogP contribution < -0.4 is 4.90 Å². The van der Waals surface area contributed by atoms with Gasteiger partial charge in [-0.15, -0.1) is 0 Å². The van der Waals surface area contributed by atoms with Gasteiger partial charge in [-0.05, 0) is 66.9 Å². The highest BCUT2D eigenvalue weighted by molar-refractivity contribution is 6.51. The van der Waals surface area contributed by atoms with Crippen molar-refractivity contribution in [3.05, 3.63) is 106 Å². The minimum absolute atomic E-state index is 0.176. The van der Waals surface area contributed by atoms with Gasteiger partial charge in [0, 0.05) is 11.3 Å². The fourth-order valence-electron chi connectivity index (χ4n) is 3.94. The number of aliphatic hydroxyl groups excluding tert-OH is 1. The van der Waals surface area contributed by atoms with Crippen LogP contribution in [0.3, 0.4) is 0 Å². The van der Waals surface area contributed by atoms with Gasteiger partial charge in [0.2, 0.25) is 0 Å². The van der Waals surface area contributed by atoms with E-state index in [-0.39, 0.29) is 22.4 Å². The number of aryl methyl sites for hydroxylation is 2. The van der Waals surface area contributed by atoms with Crippen LogP contribution in [0.4, 0.5) is 23.2 Å². The highest BCUT2D eigenvalue weighted by Gasteiger charge is 2.47. The fourth-order valence-corrected chi connectivity index (χ4v) is 3.94. The van der Waals surface area contributed by atoms with E-state index in [4.69, 9.17) is 0 Å². The Kier molecular flexibility index (Phi) is 5.77. The molecule has 0 bridgehead atoms. The van der Waals surface area contributed by atoms with Crippen LogP contribution >= 0.6 is 0 Å². The first-order chi connectivity index (χ1) is 16.0. The van der Waals surface area contributed by atoms with Crippen molar-refractivity contribution in [2.75, 3.05) is 4.90 Å². The Morgan fingerprint density at radius 2 is 1.59 bits per heavy atom. The summed E-state index contributed by atoms with van der Waals surface area (Å²) in [5.41, 5.74) is 0.827. The van der Waals surface area contributed by atoms with Crippen LogP contribution in [0.1, 0.15) is 33.9 Å². The third-order valence-electron chi connectivity index (χ3n) is 5.86. The third-order valence-corrected chi connectivity index (χ3v) is 5.86. The summed E-state index contributed by atoms with van der Waals surface area (Å²) in [6.45, 7) is 3.68. The summed E-state index contributed by atoms with van der Waals surface area (Å²) in [6.07, 6.45) is -4.67. The number of Topliss-reactive ketones (excluding diaryl/α,β-unsaturated/α-hetero) is 1. The maximum atomic E-state index is 13.6. The molecule has 0 aromatic heterocycles. The summed E-state index contributed by atoms with van der Waals surface area (Å²) in [4.78, 5) is 27.0. The molecule has 0 saturated carbocycles. The van der Waals surface area contributed by atoms with Gasteiger partial charge in [0.05, 0.1) is 17.2 Å². The molecule has 34 heavy (non-hydrogen) atoms. The quantitative estimate of drug-likeness (QED) is 0.219. The van der Waals surface area contributed by atoms with Crippen molar-refractivity contribution in [1.82, 2.24) is 0 Å². The Balaban J connectivity index is 1.95. The van der Waals surface area contributed by atoms with Gasteiger partial charge in [-0.3, -0.25) is 14.5 Å². The second-order valence-electron chi connectivity index (χ2n) is 8.07. The number of carbonyl (C=O) groups is 2. The van der Waals surface area contributed by atoms with Gasteiger partial charge >= 0.3 is 6.18 Å². The largest absolute Gasteiger partial charge is 0.507 e. The van der Waals surface area contributed by atoms with Crippen LogP contribution in [0.25, 0.3) is 5.76 Å². The molecule has 1 heterocycles. The number of hydrogen-bond acceptors (Lipinski definition) is 3. The number of alkyl halides is 3. The van der Waals surface area contributed by atoms with Crippen molar-refractivity contribution in [2.45, 2.75) is 26.1 Å².